The largest absolute Gasteiger partial charge is 0.444 e. The van der Waals surface area contributed by atoms with E-state index < -0.39 is 17.6 Å². The molecular formula is C33H42N6O6. The number of benzene rings is 1. The van der Waals surface area contributed by atoms with Crippen LogP contribution in [0.1, 0.15) is 106 Å². The molecule has 1 atom stereocenters. The van der Waals surface area contributed by atoms with Crippen LogP contribution < -0.4 is 5.32 Å². The van der Waals surface area contributed by atoms with Crippen molar-refractivity contribution in [2.45, 2.75) is 127 Å². The molecular weight excluding hydrogens is 576 g/mol. The number of hydrogen-bond donors (Lipinski definition) is 1. The number of azide groups is 1. The number of nitrogens with one attached hydrogen (secondary N) is 1. The number of fused-ring (bicyclic) bond motifs is 1. The summed E-state index contributed by atoms with van der Waals surface area (Å²) in [6.07, 6.45) is 6.71. The predicted octanol–water partition coefficient (Wildman–Crippen LogP) is 4.99. The lowest BCUT2D eigenvalue weighted by atomic mass is 9.86. The standard InChI is InChI=1S/C33H42N6O6/c1-33(2,3)45-32(43)39(24-9-7-23(8-10-24)36-37-34)25-11-13-26(14-12-25)44-18-4-5-21-6-15-27-22(19-21)20-38(31(27)42)28-16-17-29(40)35-30(28)41/h6,15,19,23-26,28H,7-14,16-18,20H2,1-3H3,(H,35,40,41)/t23?,24?,25-,26-,28?. The molecule has 1 aromatic rings. The van der Waals surface area contributed by atoms with E-state index in [1.54, 1.807) is 12.1 Å². The molecule has 5 rings (SSSR count). The predicted molar refractivity (Wildman–Crippen MR) is 165 cm³/mol. The van der Waals surface area contributed by atoms with Gasteiger partial charge in [-0.3, -0.25) is 19.7 Å². The average Bonchev–Trinajstić information content (AvgIpc) is 3.31. The minimum Gasteiger partial charge on any atom is -0.444 e. The van der Waals surface area contributed by atoms with Gasteiger partial charge in [0, 0.05) is 47.1 Å². The fourth-order valence-corrected chi connectivity index (χ4v) is 6.88. The highest BCUT2D eigenvalue weighted by atomic mass is 16.6. The summed E-state index contributed by atoms with van der Waals surface area (Å²) < 4.78 is 11.9. The smallest absolute Gasteiger partial charge is 0.410 e. The number of nitrogens with zero attached hydrogens (tertiary/aromatic N) is 5. The molecule has 12 heteroatoms. The van der Waals surface area contributed by atoms with Crippen molar-refractivity contribution in [2.24, 2.45) is 5.11 Å². The third kappa shape index (κ3) is 7.96. The Balaban J connectivity index is 1.12. The molecule has 1 N–H and O–H groups in total. The molecule has 4 aliphatic rings. The lowest BCUT2D eigenvalue weighted by Gasteiger charge is -2.43. The van der Waals surface area contributed by atoms with E-state index in [2.05, 4.69) is 27.2 Å². The molecule has 240 valence electrons. The van der Waals surface area contributed by atoms with Crippen LogP contribution in [0.25, 0.3) is 10.4 Å². The number of piperidine rings is 1. The molecule has 3 fully saturated rings. The van der Waals surface area contributed by atoms with Gasteiger partial charge in [0.05, 0.1) is 6.10 Å². The van der Waals surface area contributed by atoms with Gasteiger partial charge in [-0.2, -0.15) is 0 Å². The van der Waals surface area contributed by atoms with E-state index in [-0.39, 0.29) is 55.2 Å². The molecule has 0 bridgehead atoms. The van der Waals surface area contributed by atoms with E-state index in [0.717, 1.165) is 62.5 Å². The van der Waals surface area contributed by atoms with Gasteiger partial charge in [0.25, 0.3) is 5.91 Å². The van der Waals surface area contributed by atoms with Crippen molar-refractivity contribution < 1.29 is 28.7 Å². The van der Waals surface area contributed by atoms with Crippen LogP contribution in [0.2, 0.25) is 0 Å². The van der Waals surface area contributed by atoms with Gasteiger partial charge in [-0.05, 0) is 108 Å². The Labute approximate surface area is 263 Å². The Hall–Kier alpha value is -4.07. The summed E-state index contributed by atoms with van der Waals surface area (Å²) in [7, 11) is 0. The average molecular weight is 619 g/mol. The Morgan fingerprint density at radius 1 is 1.07 bits per heavy atom. The van der Waals surface area contributed by atoms with E-state index in [1.165, 1.54) is 4.90 Å². The second-order valence-corrected chi connectivity index (χ2v) is 13.4. The summed E-state index contributed by atoms with van der Waals surface area (Å²) in [6, 6.07) is 4.91. The maximum atomic E-state index is 13.3. The fourth-order valence-electron chi connectivity index (χ4n) is 6.88. The van der Waals surface area contributed by atoms with Crippen molar-refractivity contribution in [1.29, 1.82) is 0 Å². The van der Waals surface area contributed by atoms with E-state index in [1.807, 2.05) is 31.7 Å². The van der Waals surface area contributed by atoms with Crippen LogP contribution in [0.15, 0.2) is 23.3 Å². The van der Waals surface area contributed by atoms with E-state index >= 15 is 0 Å². The van der Waals surface area contributed by atoms with Gasteiger partial charge in [-0.15, -0.1) is 0 Å². The molecule has 0 aromatic heterocycles. The van der Waals surface area contributed by atoms with Crippen LogP contribution in [0.5, 0.6) is 0 Å². The van der Waals surface area contributed by atoms with Gasteiger partial charge in [-0.25, -0.2) is 4.79 Å². The number of amides is 4. The molecule has 1 unspecified atom stereocenters. The van der Waals surface area contributed by atoms with Crippen molar-refractivity contribution in [3.8, 4) is 11.8 Å². The quantitative estimate of drug-likeness (QED) is 0.156. The highest BCUT2D eigenvalue weighted by Gasteiger charge is 2.40. The fraction of sp³-hybridized carbons (Fsp3) is 0.636. The molecule has 1 aromatic carbocycles. The van der Waals surface area contributed by atoms with Crippen LogP contribution in [-0.2, 0) is 25.6 Å². The zero-order valence-corrected chi connectivity index (χ0v) is 26.3. The number of carbonyl (C=O) groups excluding carboxylic acids is 4. The lowest BCUT2D eigenvalue weighted by molar-refractivity contribution is -0.136. The highest BCUT2D eigenvalue weighted by molar-refractivity contribution is 6.05. The second-order valence-electron chi connectivity index (χ2n) is 13.4. The van der Waals surface area contributed by atoms with Crippen LogP contribution in [0, 0.1) is 11.8 Å². The van der Waals surface area contributed by atoms with Gasteiger partial charge >= 0.3 is 6.09 Å². The molecule has 4 amide bonds. The van der Waals surface area contributed by atoms with Crippen molar-refractivity contribution in [2.75, 3.05) is 6.61 Å². The number of ether oxygens (including phenoxy) is 2. The lowest BCUT2D eigenvalue weighted by Crippen LogP contribution is -2.52. The Kier molecular flexibility index (Phi) is 10.0. The Bertz CT molecular complexity index is 1420. The summed E-state index contributed by atoms with van der Waals surface area (Å²) in [6.45, 7) is 6.22. The molecule has 12 nitrogen and oxygen atoms in total. The number of imide groups is 1. The van der Waals surface area contributed by atoms with Gasteiger partial charge in [-0.1, -0.05) is 17.0 Å². The number of rotatable bonds is 6. The number of carbonyl (C=O) groups is 4. The highest BCUT2D eigenvalue weighted by Crippen LogP contribution is 2.33. The molecule has 2 heterocycles. The van der Waals surface area contributed by atoms with Crippen LogP contribution in [0.3, 0.4) is 0 Å². The molecule has 2 aliphatic heterocycles. The molecule has 2 saturated carbocycles. The zero-order valence-electron chi connectivity index (χ0n) is 26.3. The van der Waals surface area contributed by atoms with Crippen LogP contribution >= 0.6 is 0 Å². The Morgan fingerprint density at radius 3 is 2.40 bits per heavy atom. The summed E-state index contributed by atoms with van der Waals surface area (Å²) in [4.78, 5) is 56.5. The van der Waals surface area contributed by atoms with Crippen molar-refractivity contribution in [3.63, 3.8) is 0 Å². The first-order chi connectivity index (χ1) is 21.5. The van der Waals surface area contributed by atoms with Crippen LogP contribution in [0.4, 0.5) is 4.79 Å². The second kappa shape index (κ2) is 13.9. The molecule has 0 radical (unpaired) electrons. The monoisotopic (exact) mass is 618 g/mol. The summed E-state index contributed by atoms with van der Waals surface area (Å²) in [5.74, 6) is 5.28. The van der Waals surface area contributed by atoms with E-state index in [4.69, 9.17) is 15.0 Å². The third-order valence-electron chi connectivity index (χ3n) is 9.06. The zero-order chi connectivity index (χ0) is 32.1. The molecule has 0 spiro atoms. The maximum absolute atomic E-state index is 13.3. The minimum absolute atomic E-state index is 0.0104. The van der Waals surface area contributed by atoms with Crippen molar-refractivity contribution in [1.82, 2.24) is 15.1 Å². The minimum atomic E-state index is -0.643. The van der Waals surface area contributed by atoms with Crippen LogP contribution in [-0.4, -0.2) is 76.1 Å². The normalized spacial score (nSPS) is 26.6. The molecule has 2 aliphatic carbocycles. The Morgan fingerprint density at radius 2 is 1.76 bits per heavy atom. The number of hydrogen-bond acceptors (Lipinski definition) is 7. The first kappa shape index (κ1) is 32.3. The maximum Gasteiger partial charge on any atom is 0.410 e. The first-order valence-electron chi connectivity index (χ1n) is 16.0. The van der Waals surface area contributed by atoms with E-state index in [9.17, 15) is 19.2 Å². The molecule has 45 heavy (non-hydrogen) atoms. The topological polar surface area (TPSA) is 154 Å². The van der Waals surface area contributed by atoms with Gasteiger partial charge < -0.3 is 19.3 Å². The summed E-state index contributed by atoms with van der Waals surface area (Å²) >= 11 is 0. The van der Waals surface area contributed by atoms with Gasteiger partial charge in [0.1, 0.15) is 18.2 Å². The van der Waals surface area contributed by atoms with Gasteiger partial charge in [0.2, 0.25) is 11.8 Å². The summed E-state index contributed by atoms with van der Waals surface area (Å²) in [5.41, 5.74) is 10.4. The summed E-state index contributed by atoms with van der Waals surface area (Å²) in [5, 5.41) is 6.21. The van der Waals surface area contributed by atoms with Crippen molar-refractivity contribution >= 4 is 23.8 Å². The van der Waals surface area contributed by atoms with Gasteiger partial charge in [0.15, 0.2) is 0 Å². The molecule has 1 saturated heterocycles. The first-order valence-corrected chi connectivity index (χ1v) is 16.0. The van der Waals surface area contributed by atoms with E-state index in [0.29, 0.717) is 18.5 Å². The van der Waals surface area contributed by atoms with Crippen molar-refractivity contribution in [3.05, 3.63) is 45.3 Å². The third-order valence-corrected chi connectivity index (χ3v) is 9.06. The SMILES string of the molecule is CC(C)(C)OC(=O)N(C1CCC(N=[N+]=[N-])CC1)[C@H]1CC[C@H](OCC#Cc2ccc3c(c2)CN(C2CCC(=O)NC2=O)C3=O)CC1.